The molecule has 0 saturated heterocycles. The SMILES string of the molecule is CC(=NNS(=O)(=O)c1cc(C)ccc1C)c1ccc(Cl)c(Cl)c1. The lowest BCUT2D eigenvalue weighted by molar-refractivity contribution is 0.583. The lowest BCUT2D eigenvalue weighted by Gasteiger charge is -2.09. The molecule has 0 spiro atoms. The number of hydrogen-bond acceptors (Lipinski definition) is 3. The van der Waals surface area contributed by atoms with Crippen molar-refractivity contribution in [2.75, 3.05) is 0 Å². The van der Waals surface area contributed by atoms with Crippen molar-refractivity contribution in [3.8, 4) is 0 Å². The molecule has 7 heteroatoms. The summed E-state index contributed by atoms with van der Waals surface area (Å²) in [4.78, 5) is 2.47. The molecular formula is C16H16Cl2N2O2S. The van der Waals surface area contributed by atoms with Crippen LogP contribution >= 0.6 is 23.2 Å². The molecule has 0 amide bonds. The van der Waals surface area contributed by atoms with Crippen molar-refractivity contribution >= 4 is 38.9 Å². The van der Waals surface area contributed by atoms with E-state index in [1.165, 1.54) is 0 Å². The van der Waals surface area contributed by atoms with Crippen LogP contribution in [0.3, 0.4) is 0 Å². The van der Waals surface area contributed by atoms with Crippen LogP contribution < -0.4 is 4.83 Å². The second-order valence-electron chi connectivity index (χ2n) is 5.19. The number of aryl methyl sites for hydroxylation is 2. The molecule has 2 rings (SSSR count). The highest BCUT2D eigenvalue weighted by Crippen LogP contribution is 2.23. The van der Waals surface area contributed by atoms with E-state index >= 15 is 0 Å². The van der Waals surface area contributed by atoms with Gasteiger partial charge in [0.1, 0.15) is 0 Å². The number of hydrogen-bond donors (Lipinski definition) is 1. The Morgan fingerprint density at radius 2 is 1.74 bits per heavy atom. The summed E-state index contributed by atoms with van der Waals surface area (Å²) >= 11 is 11.8. The van der Waals surface area contributed by atoms with E-state index in [0.717, 1.165) is 5.56 Å². The highest BCUT2D eigenvalue weighted by atomic mass is 35.5. The lowest BCUT2D eigenvalue weighted by atomic mass is 10.1. The second-order valence-corrected chi connectivity index (χ2v) is 7.63. The van der Waals surface area contributed by atoms with Crippen molar-refractivity contribution in [1.29, 1.82) is 0 Å². The van der Waals surface area contributed by atoms with Crippen molar-refractivity contribution in [1.82, 2.24) is 4.83 Å². The highest BCUT2D eigenvalue weighted by Gasteiger charge is 2.16. The van der Waals surface area contributed by atoms with Crippen LogP contribution in [0.25, 0.3) is 0 Å². The highest BCUT2D eigenvalue weighted by molar-refractivity contribution is 7.89. The van der Waals surface area contributed by atoms with Crippen LogP contribution in [0.2, 0.25) is 10.0 Å². The van der Waals surface area contributed by atoms with Crippen molar-refractivity contribution < 1.29 is 8.42 Å². The van der Waals surface area contributed by atoms with E-state index in [2.05, 4.69) is 9.93 Å². The molecule has 0 radical (unpaired) electrons. The Bertz CT molecular complexity index is 878. The quantitative estimate of drug-likeness (QED) is 0.643. The molecule has 0 atom stereocenters. The number of benzene rings is 2. The van der Waals surface area contributed by atoms with Crippen molar-refractivity contribution in [2.45, 2.75) is 25.7 Å². The fourth-order valence-corrected chi connectivity index (χ4v) is 3.45. The number of nitrogens with zero attached hydrogens (tertiary/aromatic N) is 1. The smallest absolute Gasteiger partial charge is 0.200 e. The molecule has 0 bridgehead atoms. The van der Waals surface area contributed by atoms with E-state index in [9.17, 15) is 8.42 Å². The van der Waals surface area contributed by atoms with Crippen LogP contribution in [-0.4, -0.2) is 14.1 Å². The maximum atomic E-state index is 12.4. The summed E-state index contributed by atoms with van der Waals surface area (Å²) in [5, 5.41) is 4.78. The third kappa shape index (κ3) is 4.25. The van der Waals surface area contributed by atoms with E-state index in [1.807, 2.05) is 13.0 Å². The van der Waals surface area contributed by atoms with E-state index in [0.29, 0.717) is 26.9 Å². The Hall–Kier alpha value is -1.56. The van der Waals surface area contributed by atoms with Crippen LogP contribution in [-0.2, 0) is 10.0 Å². The molecule has 0 unspecified atom stereocenters. The van der Waals surface area contributed by atoms with E-state index in [1.54, 1.807) is 44.2 Å². The molecule has 0 fully saturated rings. The Kier molecular flexibility index (Phi) is 5.34. The van der Waals surface area contributed by atoms with Gasteiger partial charge in [0.05, 0.1) is 20.7 Å². The largest absolute Gasteiger partial charge is 0.276 e. The lowest BCUT2D eigenvalue weighted by Crippen LogP contribution is -2.21. The molecule has 0 aromatic heterocycles. The average molecular weight is 371 g/mol. The first-order valence-corrected chi connectivity index (χ1v) is 9.03. The summed E-state index contributed by atoms with van der Waals surface area (Å²) in [6.45, 7) is 5.26. The van der Waals surface area contributed by atoms with E-state index in [-0.39, 0.29) is 4.90 Å². The molecule has 4 nitrogen and oxygen atoms in total. The summed E-state index contributed by atoms with van der Waals surface area (Å²) in [5.41, 5.74) is 2.69. The van der Waals surface area contributed by atoms with Crippen molar-refractivity contribution in [2.24, 2.45) is 5.10 Å². The first-order chi connectivity index (χ1) is 10.7. The minimum absolute atomic E-state index is 0.211. The van der Waals surface area contributed by atoms with Gasteiger partial charge >= 0.3 is 0 Å². The Morgan fingerprint density at radius 3 is 2.39 bits per heavy atom. The molecule has 0 aliphatic rings. The normalized spacial score (nSPS) is 12.3. The van der Waals surface area contributed by atoms with Gasteiger partial charge in [0.2, 0.25) is 0 Å². The predicted octanol–water partition coefficient (Wildman–Crippen LogP) is 4.31. The molecule has 0 aliphatic heterocycles. The van der Waals surface area contributed by atoms with Crippen LogP contribution in [0.1, 0.15) is 23.6 Å². The maximum Gasteiger partial charge on any atom is 0.276 e. The number of sulfonamides is 1. The zero-order chi connectivity index (χ0) is 17.2. The van der Waals surface area contributed by atoms with Gasteiger partial charge in [-0.2, -0.15) is 18.4 Å². The van der Waals surface area contributed by atoms with Crippen LogP contribution in [0.5, 0.6) is 0 Å². The Labute approximate surface area is 146 Å². The summed E-state index contributed by atoms with van der Waals surface area (Å²) in [6, 6.07) is 10.2. The molecule has 1 N–H and O–H groups in total. The van der Waals surface area contributed by atoms with Gasteiger partial charge in [-0.15, -0.1) is 0 Å². The zero-order valence-electron chi connectivity index (χ0n) is 12.9. The monoisotopic (exact) mass is 370 g/mol. The number of nitrogens with one attached hydrogen (secondary N) is 1. The molecule has 23 heavy (non-hydrogen) atoms. The van der Waals surface area contributed by atoms with Gasteiger partial charge in [-0.25, -0.2) is 0 Å². The summed E-state index contributed by atoms with van der Waals surface area (Å²) < 4.78 is 24.8. The summed E-state index contributed by atoms with van der Waals surface area (Å²) in [6.07, 6.45) is 0. The third-order valence-electron chi connectivity index (χ3n) is 3.30. The first-order valence-electron chi connectivity index (χ1n) is 6.79. The molecular weight excluding hydrogens is 355 g/mol. The van der Waals surface area contributed by atoms with Crippen LogP contribution in [0, 0.1) is 13.8 Å². The minimum Gasteiger partial charge on any atom is -0.200 e. The summed E-state index contributed by atoms with van der Waals surface area (Å²) in [5.74, 6) is 0. The van der Waals surface area contributed by atoms with Gasteiger partial charge in [-0.3, -0.25) is 0 Å². The van der Waals surface area contributed by atoms with Crippen LogP contribution in [0.15, 0.2) is 46.4 Å². The third-order valence-corrected chi connectivity index (χ3v) is 5.39. The number of rotatable bonds is 4. The van der Waals surface area contributed by atoms with Gasteiger partial charge in [0.25, 0.3) is 10.0 Å². The van der Waals surface area contributed by atoms with Gasteiger partial charge in [0.15, 0.2) is 0 Å². The Balaban J connectivity index is 2.30. The molecule has 0 saturated carbocycles. The first kappa shape index (κ1) is 17.8. The predicted molar refractivity (Wildman–Crippen MR) is 94.9 cm³/mol. The van der Waals surface area contributed by atoms with Crippen molar-refractivity contribution in [3.63, 3.8) is 0 Å². The van der Waals surface area contributed by atoms with Crippen molar-refractivity contribution in [3.05, 3.63) is 63.1 Å². The Morgan fingerprint density at radius 1 is 1.04 bits per heavy atom. The molecule has 2 aromatic carbocycles. The summed E-state index contributed by atoms with van der Waals surface area (Å²) in [7, 11) is -3.73. The molecule has 0 heterocycles. The van der Waals surface area contributed by atoms with Crippen LogP contribution in [0.4, 0.5) is 0 Å². The molecule has 0 aliphatic carbocycles. The fraction of sp³-hybridized carbons (Fsp3) is 0.188. The second kappa shape index (κ2) is 6.91. The average Bonchev–Trinajstić information content (AvgIpc) is 2.50. The maximum absolute atomic E-state index is 12.4. The number of halogens is 2. The fourth-order valence-electron chi connectivity index (χ4n) is 1.96. The minimum atomic E-state index is -3.73. The topological polar surface area (TPSA) is 58.5 Å². The van der Waals surface area contributed by atoms with Gasteiger partial charge in [0, 0.05) is 0 Å². The number of hydrazone groups is 1. The zero-order valence-corrected chi connectivity index (χ0v) is 15.2. The molecule has 2 aromatic rings. The molecule has 122 valence electrons. The van der Waals surface area contributed by atoms with E-state index in [4.69, 9.17) is 23.2 Å². The van der Waals surface area contributed by atoms with Gasteiger partial charge < -0.3 is 0 Å². The van der Waals surface area contributed by atoms with Gasteiger partial charge in [-0.1, -0.05) is 41.4 Å². The van der Waals surface area contributed by atoms with E-state index < -0.39 is 10.0 Å². The van der Waals surface area contributed by atoms with Gasteiger partial charge in [-0.05, 0) is 55.7 Å². The standard InChI is InChI=1S/C16H16Cl2N2O2S/c1-10-4-5-11(2)16(8-10)23(21,22)20-19-12(3)13-6-7-14(17)15(18)9-13/h4-9,20H,1-3H3.